The molecule has 0 bridgehead atoms. The van der Waals surface area contributed by atoms with Gasteiger partial charge in [-0.1, -0.05) is 54.8 Å². The van der Waals surface area contributed by atoms with E-state index in [1.807, 2.05) is 0 Å². The fourth-order valence-corrected chi connectivity index (χ4v) is 2.24. The number of hydrogen-bond acceptors (Lipinski definition) is 1. The van der Waals surface area contributed by atoms with Gasteiger partial charge in [-0.2, -0.15) is 0 Å². The lowest BCUT2D eigenvalue weighted by atomic mass is 9.99. The van der Waals surface area contributed by atoms with Crippen molar-refractivity contribution < 1.29 is 0 Å². The highest BCUT2D eigenvalue weighted by Gasteiger charge is 2.10. The molecule has 17 heavy (non-hydrogen) atoms. The summed E-state index contributed by atoms with van der Waals surface area (Å²) in [5.41, 5.74) is 2.75. The summed E-state index contributed by atoms with van der Waals surface area (Å²) < 4.78 is 1.20. The molecule has 96 valence electrons. The van der Waals surface area contributed by atoms with E-state index in [-0.39, 0.29) is 0 Å². The SMILES string of the molecule is CCCCC(NCCC)c1ccc(Br)c(C)c1. The Bertz CT molecular complexity index is 328. The van der Waals surface area contributed by atoms with Gasteiger partial charge in [-0.25, -0.2) is 0 Å². The van der Waals surface area contributed by atoms with Crippen LogP contribution < -0.4 is 5.32 Å². The molecule has 1 nitrogen and oxygen atoms in total. The Morgan fingerprint density at radius 2 is 2.00 bits per heavy atom. The van der Waals surface area contributed by atoms with Crippen LogP contribution in [0.25, 0.3) is 0 Å². The summed E-state index contributed by atoms with van der Waals surface area (Å²) in [6.45, 7) is 7.73. The van der Waals surface area contributed by atoms with Crippen molar-refractivity contribution in [1.82, 2.24) is 5.32 Å². The van der Waals surface area contributed by atoms with Gasteiger partial charge in [0.1, 0.15) is 0 Å². The molecule has 2 heteroatoms. The smallest absolute Gasteiger partial charge is 0.0320 e. The molecule has 0 amide bonds. The summed E-state index contributed by atoms with van der Waals surface area (Å²) in [5, 5.41) is 3.65. The lowest BCUT2D eigenvalue weighted by Gasteiger charge is -2.19. The third-order valence-corrected chi connectivity index (χ3v) is 3.96. The van der Waals surface area contributed by atoms with Gasteiger partial charge in [0.15, 0.2) is 0 Å². The maximum Gasteiger partial charge on any atom is 0.0320 e. The van der Waals surface area contributed by atoms with Gasteiger partial charge in [-0.15, -0.1) is 0 Å². The molecule has 0 fully saturated rings. The van der Waals surface area contributed by atoms with E-state index in [1.165, 1.54) is 41.3 Å². The minimum atomic E-state index is 0.515. The number of nitrogens with one attached hydrogen (secondary N) is 1. The molecular formula is C15H24BrN. The Kier molecular flexibility index (Phi) is 6.83. The minimum Gasteiger partial charge on any atom is -0.310 e. The van der Waals surface area contributed by atoms with Crippen LogP contribution in [0, 0.1) is 6.92 Å². The predicted octanol–water partition coefficient (Wildman–Crippen LogP) is 4.99. The maximum absolute atomic E-state index is 3.65. The Labute approximate surface area is 114 Å². The van der Waals surface area contributed by atoms with Crippen molar-refractivity contribution in [2.24, 2.45) is 0 Å². The highest BCUT2D eigenvalue weighted by Crippen LogP contribution is 2.24. The summed E-state index contributed by atoms with van der Waals surface area (Å²) >= 11 is 3.56. The van der Waals surface area contributed by atoms with Crippen molar-refractivity contribution in [2.75, 3.05) is 6.54 Å². The summed E-state index contributed by atoms with van der Waals surface area (Å²) in [4.78, 5) is 0. The van der Waals surface area contributed by atoms with E-state index in [0.29, 0.717) is 6.04 Å². The Morgan fingerprint density at radius 1 is 1.24 bits per heavy atom. The lowest BCUT2D eigenvalue weighted by molar-refractivity contribution is 0.481. The van der Waals surface area contributed by atoms with Crippen molar-refractivity contribution in [2.45, 2.75) is 52.5 Å². The van der Waals surface area contributed by atoms with Crippen LogP contribution in [0.3, 0.4) is 0 Å². The molecule has 0 spiro atoms. The quantitative estimate of drug-likeness (QED) is 0.748. The van der Waals surface area contributed by atoms with E-state index < -0.39 is 0 Å². The first-order chi connectivity index (χ1) is 8.19. The van der Waals surface area contributed by atoms with E-state index in [9.17, 15) is 0 Å². The molecule has 0 aromatic heterocycles. The fraction of sp³-hybridized carbons (Fsp3) is 0.600. The van der Waals surface area contributed by atoms with Crippen LogP contribution in [0.15, 0.2) is 22.7 Å². The molecule has 0 aliphatic heterocycles. The molecule has 1 N–H and O–H groups in total. The van der Waals surface area contributed by atoms with Gasteiger partial charge in [0, 0.05) is 10.5 Å². The number of halogens is 1. The first kappa shape index (κ1) is 14.7. The molecule has 1 rings (SSSR count). The predicted molar refractivity (Wildman–Crippen MR) is 79.4 cm³/mol. The summed E-state index contributed by atoms with van der Waals surface area (Å²) in [7, 11) is 0. The second kappa shape index (κ2) is 7.88. The first-order valence-electron chi connectivity index (χ1n) is 6.68. The Hall–Kier alpha value is -0.340. The van der Waals surface area contributed by atoms with Crippen molar-refractivity contribution in [3.05, 3.63) is 33.8 Å². The normalized spacial score (nSPS) is 12.7. The number of unbranched alkanes of at least 4 members (excludes halogenated alkanes) is 1. The minimum absolute atomic E-state index is 0.515. The van der Waals surface area contributed by atoms with E-state index in [1.54, 1.807) is 0 Å². The van der Waals surface area contributed by atoms with Gasteiger partial charge in [0.05, 0.1) is 0 Å². The third-order valence-electron chi connectivity index (χ3n) is 3.07. The highest BCUT2D eigenvalue weighted by atomic mass is 79.9. The van der Waals surface area contributed by atoms with Crippen LogP contribution >= 0.6 is 15.9 Å². The summed E-state index contributed by atoms with van der Waals surface area (Å²) in [6.07, 6.45) is 4.98. The molecule has 1 atom stereocenters. The van der Waals surface area contributed by atoms with Gasteiger partial charge in [0.25, 0.3) is 0 Å². The van der Waals surface area contributed by atoms with Crippen LogP contribution in [0.4, 0.5) is 0 Å². The first-order valence-corrected chi connectivity index (χ1v) is 7.47. The van der Waals surface area contributed by atoms with Crippen LogP contribution in [0.5, 0.6) is 0 Å². The molecule has 0 aliphatic rings. The van der Waals surface area contributed by atoms with E-state index in [4.69, 9.17) is 0 Å². The summed E-state index contributed by atoms with van der Waals surface area (Å²) in [6, 6.07) is 7.21. The van der Waals surface area contributed by atoms with Crippen molar-refractivity contribution in [3.8, 4) is 0 Å². The Morgan fingerprint density at radius 3 is 2.59 bits per heavy atom. The second-order valence-corrected chi connectivity index (χ2v) is 5.51. The Balaban J connectivity index is 2.75. The monoisotopic (exact) mass is 297 g/mol. The van der Waals surface area contributed by atoms with Crippen molar-refractivity contribution in [3.63, 3.8) is 0 Å². The van der Waals surface area contributed by atoms with Crippen LogP contribution in [0.2, 0.25) is 0 Å². The van der Waals surface area contributed by atoms with Crippen LogP contribution in [0.1, 0.15) is 56.7 Å². The van der Waals surface area contributed by atoms with Crippen molar-refractivity contribution in [1.29, 1.82) is 0 Å². The average Bonchev–Trinajstić information content (AvgIpc) is 2.33. The largest absolute Gasteiger partial charge is 0.310 e. The van der Waals surface area contributed by atoms with Crippen molar-refractivity contribution >= 4 is 15.9 Å². The average molecular weight is 298 g/mol. The van der Waals surface area contributed by atoms with Gasteiger partial charge >= 0.3 is 0 Å². The van der Waals surface area contributed by atoms with Gasteiger partial charge < -0.3 is 5.32 Å². The molecular weight excluding hydrogens is 274 g/mol. The third kappa shape index (κ3) is 4.81. The zero-order chi connectivity index (χ0) is 12.7. The topological polar surface area (TPSA) is 12.0 Å². The van der Waals surface area contributed by atoms with E-state index >= 15 is 0 Å². The van der Waals surface area contributed by atoms with Gasteiger partial charge in [-0.05, 0) is 43.5 Å². The molecule has 0 heterocycles. The van der Waals surface area contributed by atoms with Crippen LogP contribution in [-0.4, -0.2) is 6.54 Å². The number of aryl methyl sites for hydroxylation is 1. The molecule has 0 saturated heterocycles. The summed E-state index contributed by atoms with van der Waals surface area (Å²) in [5.74, 6) is 0. The van der Waals surface area contributed by atoms with Gasteiger partial charge in [0.2, 0.25) is 0 Å². The van der Waals surface area contributed by atoms with Crippen LogP contribution in [-0.2, 0) is 0 Å². The highest BCUT2D eigenvalue weighted by molar-refractivity contribution is 9.10. The fourth-order valence-electron chi connectivity index (χ4n) is 2.00. The van der Waals surface area contributed by atoms with E-state index in [0.717, 1.165) is 6.54 Å². The second-order valence-electron chi connectivity index (χ2n) is 4.66. The lowest BCUT2D eigenvalue weighted by Crippen LogP contribution is -2.22. The zero-order valence-corrected chi connectivity index (χ0v) is 12.8. The molecule has 1 aromatic rings. The molecule has 0 radical (unpaired) electrons. The molecule has 0 saturated carbocycles. The molecule has 1 aromatic carbocycles. The number of rotatable bonds is 7. The molecule has 0 aliphatic carbocycles. The zero-order valence-electron chi connectivity index (χ0n) is 11.2. The van der Waals surface area contributed by atoms with E-state index in [2.05, 4.69) is 60.2 Å². The van der Waals surface area contributed by atoms with Gasteiger partial charge in [-0.3, -0.25) is 0 Å². The number of benzene rings is 1. The number of hydrogen-bond donors (Lipinski definition) is 1. The standard InChI is InChI=1S/C15H24BrN/c1-4-6-7-15(17-10-5-2)13-8-9-14(16)12(3)11-13/h8-9,11,15,17H,4-7,10H2,1-3H3. The molecule has 1 unspecified atom stereocenters. The maximum atomic E-state index is 3.65.